The third-order valence-electron chi connectivity index (χ3n) is 5.93. The van der Waals surface area contributed by atoms with Gasteiger partial charge >= 0.3 is 0 Å². The second-order valence-corrected chi connectivity index (χ2v) is 12.0. The van der Waals surface area contributed by atoms with E-state index in [1.54, 1.807) is 0 Å². The third kappa shape index (κ3) is 9.25. The summed E-state index contributed by atoms with van der Waals surface area (Å²) >= 11 is 0. The normalized spacial score (nSPS) is 14.9. The predicted molar refractivity (Wildman–Crippen MR) is 141 cm³/mol. The first-order valence-corrected chi connectivity index (χ1v) is 13.9. The second-order valence-electron chi connectivity index (χ2n) is 10.0. The Morgan fingerprint density at radius 1 is 0.941 bits per heavy atom. The number of benzene rings is 1. The van der Waals surface area contributed by atoms with Crippen LogP contribution in [0.25, 0.3) is 0 Å². The summed E-state index contributed by atoms with van der Waals surface area (Å²) < 4.78 is 24.3. The summed E-state index contributed by atoms with van der Waals surface area (Å²) in [4.78, 5) is 20.0. The average molecular weight is 496 g/mol. The molecule has 1 aliphatic rings. The summed E-state index contributed by atoms with van der Waals surface area (Å²) in [6, 6.07) is 4.13. The number of aliphatic imine (C=N–C) groups is 1. The van der Waals surface area contributed by atoms with E-state index < -0.39 is 9.84 Å². The van der Waals surface area contributed by atoms with Gasteiger partial charge in [0, 0.05) is 38.9 Å². The van der Waals surface area contributed by atoms with Crippen molar-refractivity contribution in [2.75, 3.05) is 46.0 Å². The molecule has 1 aliphatic heterocycles. The molecule has 9 heteroatoms. The van der Waals surface area contributed by atoms with Gasteiger partial charge in [-0.3, -0.25) is 9.79 Å². The van der Waals surface area contributed by atoms with Crippen LogP contribution in [0.4, 0.5) is 0 Å². The third-order valence-corrected chi connectivity index (χ3v) is 7.14. The number of likely N-dealkylation sites (N-methyl/N-ethyl adjacent to an activating group) is 1. The molecule has 0 unspecified atom stereocenters. The van der Waals surface area contributed by atoms with Gasteiger partial charge in [0.2, 0.25) is 5.91 Å². The van der Waals surface area contributed by atoms with Crippen LogP contribution in [0.15, 0.2) is 22.0 Å². The van der Waals surface area contributed by atoms with Crippen molar-refractivity contribution >= 4 is 21.7 Å². The summed E-state index contributed by atoms with van der Waals surface area (Å²) in [7, 11) is -1.14. The van der Waals surface area contributed by atoms with Crippen LogP contribution in [0, 0.1) is 0 Å². The van der Waals surface area contributed by atoms with Gasteiger partial charge < -0.3 is 21.3 Å². The quantitative estimate of drug-likeness (QED) is 0.443. The molecule has 1 fully saturated rings. The molecular formula is C25H45N5O3S. The van der Waals surface area contributed by atoms with Crippen LogP contribution in [0.1, 0.15) is 82.4 Å². The molecule has 1 saturated heterocycles. The molecule has 0 aliphatic carbocycles. The number of carbonyl (C=O) groups excluding carboxylic acids is 1. The standard InChI is InChI=1S/C16H26O2S.C9H19N5O/c1-10(2)13-8-14(11(3)4)16(19(7,17)18)15(9-13)12(5)6;1-13-4-6-14(7-5-13)8(15)2-3-12-9(10)11/h8-12H,1-7H3;2-7H2,1H3,(H4,10,11,12). The molecular weight excluding hydrogens is 450 g/mol. The lowest BCUT2D eigenvalue weighted by atomic mass is 9.89. The summed E-state index contributed by atoms with van der Waals surface area (Å²) in [6.07, 6.45) is 1.71. The largest absolute Gasteiger partial charge is 0.370 e. The van der Waals surface area contributed by atoms with Gasteiger partial charge in [-0.05, 0) is 41.5 Å². The van der Waals surface area contributed by atoms with Gasteiger partial charge in [0.1, 0.15) is 0 Å². The molecule has 0 bridgehead atoms. The molecule has 1 amide bonds. The number of rotatable bonds is 7. The van der Waals surface area contributed by atoms with Crippen molar-refractivity contribution in [1.29, 1.82) is 0 Å². The Kier molecular flexibility index (Phi) is 11.5. The Bertz CT molecular complexity index is 914. The molecule has 1 heterocycles. The zero-order chi connectivity index (χ0) is 26.2. The van der Waals surface area contributed by atoms with E-state index in [0.717, 1.165) is 37.3 Å². The van der Waals surface area contributed by atoms with E-state index in [1.165, 1.54) is 11.8 Å². The van der Waals surface area contributed by atoms with E-state index in [0.29, 0.717) is 23.8 Å². The number of piperazine rings is 1. The smallest absolute Gasteiger partial charge is 0.224 e. The summed E-state index contributed by atoms with van der Waals surface area (Å²) in [5.41, 5.74) is 13.5. The van der Waals surface area contributed by atoms with Crippen molar-refractivity contribution in [3.05, 3.63) is 28.8 Å². The highest BCUT2D eigenvalue weighted by Gasteiger charge is 2.23. The first kappa shape index (κ1) is 29.9. The number of hydrogen-bond acceptors (Lipinski definition) is 5. The van der Waals surface area contributed by atoms with Crippen LogP contribution in [0.2, 0.25) is 0 Å². The lowest BCUT2D eigenvalue weighted by Crippen LogP contribution is -2.47. The summed E-state index contributed by atoms with van der Waals surface area (Å²) in [5.74, 6) is 1.000. The van der Waals surface area contributed by atoms with E-state index in [2.05, 4.69) is 70.6 Å². The molecule has 4 N–H and O–H groups in total. The highest BCUT2D eigenvalue weighted by molar-refractivity contribution is 7.90. The maximum absolute atomic E-state index is 12.2. The fourth-order valence-electron chi connectivity index (χ4n) is 3.81. The van der Waals surface area contributed by atoms with Gasteiger partial charge in [-0.15, -0.1) is 0 Å². The van der Waals surface area contributed by atoms with Gasteiger partial charge in [-0.25, -0.2) is 8.42 Å². The van der Waals surface area contributed by atoms with E-state index >= 15 is 0 Å². The Morgan fingerprint density at radius 2 is 1.41 bits per heavy atom. The van der Waals surface area contributed by atoms with Crippen molar-refractivity contribution < 1.29 is 13.2 Å². The van der Waals surface area contributed by atoms with Crippen LogP contribution < -0.4 is 11.5 Å². The van der Waals surface area contributed by atoms with Crippen LogP contribution in [-0.2, 0) is 14.6 Å². The molecule has 1 aromatic rings. The number of carbonyl (C=O) groups is 1. The minimum atomic E-state index is -3.20. The number of hydrogen-bond donors (Lipinski definition) is 2. The molecule has 1 aromatic carbocycles. The molecule has 0 spiro atoms. The van der Waals surface area contributed by atoms with Gasteiger partial charge in [0.25, 0.3) is 0 Å². The monoisotopic (exact) mass is 495 g/mol. The molecule has 2 rings (SSSR count). The van der Waals surface area contributed by atoms with Crippen LogP contribution in [0.3, 0.4) is 0 Å². The Morgan fingerprint density at radius 3 is 1.76 bits per heavy atom. The summed E-state index contributed by atoms with van der Waals surface area (Å²) in [6.45, 7) is 16.4. The summed E-state index contributed by atoms with van der Waals surface area (Å²) in [5, 5.41) is 0. The van der Waals surface area contributed by atoms with Crippen LogP contribution >= 0.6 is 0 Å². The van der Waals surface area contributed by atoms with Gasteiger partial charge in [-0.1, -0.05) is 53.7 Å². The number of nitrogens with zero attached hydrogens (tertiary/aromatic N) is 3. The Labute approximate surface area is 206 Å². The number of sulfone groups is 1. The van der Waals surface area contributed by atoms with Crippen molar-refractivity contribution in [3.8, 4) is 0 Å². The fraction of sp³-hybridized carbons (Fsp3) is 0.680. The minimum absolute atomic E-state index is 0.0428. The van der Waals surface area contributed by atoms with Crippen molar-refractivity contribution in [2.45, 2.75) is 70.6 Å². The van der Waals surface area contributed by atoms with E-state index in [9.17, 15) is 13.2 Å². The number of amides is 1. The maximum atomic E-state index is 12.2. The van der Waals surface area contributed by atoms with Crippen molar-refractivity contribution in [1.82, 2.24) is 9.80 Å². The van der Waals surface area contributed by atoms with Crippen LogP contribution in [-0.4, -0.2) is 76.1 Å². The Hall–Kier alpha value is -2.13. The predicted octanol–water partition coefficient (Wildman–Crippen LogP) is 2.88. The van der Waals surface area contributed by atoms with E-state index in [-0.39, 0.29) is 23.7 Å². The molecule has 0 saturated carbocycles. The first-order valence-electron chi connectivity index (χ1n) is 12.0. The number of nitrogens with two attached hydrogens (primary N) is 2. The average Bonchev–Trinajstić information content (AvgIpc) is 2.72. The Balaban J connectivity index is 0.000000350. The number of guanidine groups is 1. The lowest BCUT2D eigenvalue weighted by molar-refractivity contribution is -0.132. The molecule has 194 valence electrons. The molecule has 34 heavy (non-hydrogen) atoms. The van der Waals surface area contributed by atoms with E-state index in [1.807, 2.05) is 4.90 Å². The highest BCUT2D eigenvalue weighted by atomic mass is 32.2. The first-order chi connectivity index (χ1) is 15.6. The SMILES string of the molecule is CC(C)c1cc(C(C)C)c(S(C)(=O)=O)c(C(C)C)c1.CN1CCN(C(=O)CCN=C(N)N)CC1. The van der Waals surface area contributed by atoms with Crippen LogP contribution in [0.5, 0.6) is 0 Å². The van der Waals surface area contributed by atoms with Gasteiger partial charge in [0.05, 0.1) is 11.4 Å². The molecule has 0 radical (unpaired) electrons. The molecule has 0 aromatic heterocycles. The van der Waals surface area contributed by atoms with Gasteiger partial charge in [-0.2, -0.15) is 0 Å². The molecule has 8 nitrogen and oxygen atoms in total. The maximum Gasteiger partial charge on any atom is 0.224 e. The minimum Gasteiger partial charge on any atom is -0.370 e. The fourth-order valence-corrected chi connectivity index (χ4v) is 5.26. The van der Waals surface area contributed by atoms with Gasteiger partial charge in [0.15, 0.2) is 15.8 Å². The molecule has 0 atom stereocenters. The highest BCUT2D eigenvalue weighted by Crippen LogP contribution is 2.34. The van der Waals surface area contributed by atoms with Crippen molar-refractivity contribution in [3.63, 3.8) is 0 Å². The van der Waals surface area contributed by atoms with Crippen molar-refractivity contribution in [2.24, 2.45) is 16.5 Å². The lowest BCUT2D eigenvalue weighted by Gasteiger charge is -2.32. The zero-order valence-electron chi connectivity index (χ0n) is 22.3. The topological polar surface area (TPSA) is 122 Å². The second kappa shape index (κ2) is 13.1. The zero-order valence-corrected chi connectivity index (χ0v) is 23.1. The van der Waals surface area contributed by atoms with E-state index in [4.69, 9.17) is 11.5 Å².